The van der Waals surface area contributed by atoms with Gasteiger partial charge in [0, 0.05) is 12.1 Å². The fourth-order valence-electron chi connectivity index (χ4n) is 4.24. The Morgan fingerprint density at radius 1 is 0.935 bits per heavy atom. The van der Waals surface area contributed by atoms with Crippen molar-refractivity contribution in [1.29, 1.82) is 0 Å². The highest BCUT2D eigenvalue weighted by Gasteiger charge is 2.13. The zero-order valence-corrected chi connectivity index (χ0v) is 19.4. The number of nitrogens with one attached hydrogen (secondary N) is 1. The molecule has 1 aromatic heterocycles. The maximum absolute atomic E-state index is 12.7. The zero-order valence-electron chi connectivity index (χ0n) is 19.4. The van der Waals surface area contributed by atoms with Crippen molar-refractivity contribution in [3.05, 3.63) is 65.0 Å². The monoisotopic (exact) mass is 419 g/mol. The summed E-state index contributed by atoms with van der Waals surface area (Å²) in [6.45, 7) is 7.68. The first-order chi connectivity index (χ1) is 15.1. The maximum Gasteiger partial charge on any atom is 0.251 e. The standard InChI is InChI=1S/C27H37N3O/c1-4-5-6-7-8-9-10-13-18-30-25-15-12-11-14-24(25)29-26(30)20-28-27(31)23-17-16-21(2)19-22(23)3/h11-12,14-17,19H,4-10,13,18,20H2,1-3H3,(H,28,31). The number of unbranched alkanes of at least 4 members (excludes halogenated alkanes) is 7. The minimum absolute atomic E-state index is 0.0387. The van der Waals surface area contributed by atoms with Gasteiger partial charge in [-0.05, 0) is 44.0 Å². The predicted molar refractivity (Wildman–Crippen MR) is 129 cm³/mol. The van der Waals surface area contributed by atoms with Crippen LogP contribution in [0.1, 0.15) is 85.6 Å². The van der Waals surface area contributed by atoms with Gasteiger partial charge in [0.15, 0.2) is 0 Å². The quantitative estimate of drug-likeness (QED) is 0.331. The lowest BCUT2D eigenvalue weighted by Crippen LogP contribution is -2.25. The molecule has 0 spiro atoms. The van der Waals surface area contributed by atoms with Gasteiger partial charge in [-0.1, -0.05) is 81.7 Å². The van der Waals surface area contributed by atoms with Crippen LogP contribution in [0.2, 0.25) is 0 Å². The number of amides is 1. The van der Waals surface area contributed by atoms with Crippen molar-refractivity contribution >= 4 is 16.9 Å². The molecule has 1 N–H and O–H groups in total. The summed E-state index contributed by atoms with van der Waals surface area (Å²) in [7, 11) is 0. The highest BCUT2D eigenvalue weighted by molar-refractivity contribution is 5.95. The topological polar surface area (TPSA) is 46.9 Å². The van der Waals surface area contributed by atoms with Crippen LogP contribution in [0.4, 0.5) is 0 Å². The van der Waals surface area contributed by atoms with Gasteiger partial charge in [-0.3, -0.25) is 4.79 Å². The molecule has 0 atom stereocenters. The van der Waals surface area contributed by atoms with Gasteiger partial charge in [-0.2, -0.15) is 0 Å². The summed E-state index contributed by atoms with van der Waals surface area (Å²) in [6, 6.07) is 14.2. The third-order valence-corrected chi connectivity index (χ3v) is 6.00. The molecular weight excluding hydrogens is 382 g/mol. The van der Waals surface area contributed by atoms with Crippen molar-refractivity contribution in [2.45, 2.75) is 85.2 Å². The van der Waals surface area contributed by atoms with E-state index in [1.165, 1.54) is 50.5 Å². The Kier molecular flexibility index (Phi) is 8.69. The van der Waals surface area contributed by atoms with Crippen LogP contribution in [0.5, 0.6) is 0 Å². The fourth-order valence-corrected chi connectivity index (χ4v) is 4.24. The second kappa shape index (κ2) is 11.7. The van der Waals surface area contributed by atoms with Gasteiger partial charge >= 0.3 is 0 Å². The molecule has 0 aliphatic heterocycles. The summed E-state index contributed by atoms with van der Waals surface area (Å²) in [4.78, 5) is 17.5. The largest absolute Gasteiger partial charge is 0.345 e. The molecule has 0 unspecified atom stereocenters. The van der Waals surface area contributed by atoms with E-state index in [1.54, 1.807) is 0 Å². The predicted octanol–water partition coefficient (Wildman–Crippen LogP) is 6.72. The van der Waals surface area contributed by atoms with Crippen LogP contribution < -0.4 is 5.32 Å². The van der Waals surface area contributed by atoms with Crippen molar-refractivity contribution in [1.82, 2.24) is 14.9 Å². The normalized spacial score (nSPS) is 11.2. The molecular formula is C27H37N3O. The molecule has 0 aliphatic rings. The third-order valence-electron chi connectivity index (χ3n) is 6.00. The molecule has 1 amide bonds. The Labute approximate surface area is 187 Å². The second-order valence-corrected chi connectivity index (χ2v) is 8.64. The number of aryl methyl sites for hydroxylation is 3. The van der Waals surface area contributed by atoms with E-state index < -0.39 is 0 Å². The van der Waals surface area contributed by atoms with E-state index in [9.17, 15) is 4.79 Å². The van der Waals surface area contributed by atoms with E-state index >= 15 is 0 Å². The van der Waals surface area contributed by atoms with Crippen LogP contribution in [0.3, 0.4) is 0 Å². The molecule has 0 aliphatic carbocycles. The highest BCUT2D eigenvalue weighted by atomic mass is 16.1. The summed E-state index contributed by atoms with van der Waals surface area (Å²) >= 11 is 0. The van der Waals surface area contributed by atoms with E-state index in [-0.39, 0.29) is 5.91 Å². The van der Waals surface area contributed by atoms with Crippen LogP contribution in [0.25, 0.3) is 11.0 Å². The lowest BCUT2D eigenvalue weighted by molar-refractivity contribution is 0.0949. The molecule has 3 aromatic rings. The first-order valence-electron chi connectivity index (χ1n) is 11.9. The Hall–Kier alpha value is -2.62. The summed E-state index contributed by atoms with van der Waals surface area (Å²) in [6.07, 6.45) is 10.4. The van der Waals surface area contributed by atoms with E-state index in [2.05, 4.69) is 35.0 Å². The second-order valence-electron chi connectivity index (χ2n) is 8.64. The average Bonchev–Trinajstić information content (AvgIpc) is 3.11. The summed E-state index contributed by atoms with van der Waals surface area (Å²) in [5.74, 6) is 0.894. The number of carbonyl (C=O) groups excluding carboxylic acids is 1. The lowest BCUT2D eigenvalue weighted by atomic mass is 10.1. The molecule has 4 heteroatoms. The molecule has 3 rings (SSSR count). The number of carbonyl (C=O) groups is 1. The number of aromatic nitrogens is 2. The number of rotatable bonds is 12. The van der Waals surface area contributed by atoms with Crippen molar-refractivity contribution in [3.63, 3.8) is 0 Å². The van der Waals surface area contributed by atoms with Gasteiger partial charge in [-0.15, -0.1) is 0 Å². The van der Waals surface area contributed by atoms with E-state index in [4.69, 9.17) is 4.98 Å². The van der Waals surface area contributed by atoms with Crippen LogP contribution in [0, 0.1) is 13.8 Å². The van der Waals surface area contributed by atoms with Gasteiger partial charge in [0.2, 0.25) is 0 Å². The first kappa shape index (κ1) is 23.1. The number of benzene rings is 2. The van der Waals surface area contributed by atoms with Crippen molar-refractivity contribution in [3.8, 4) is 0 Å². The van der Waals surface area contributed by atoms with Gasteiger partial charge in [0.05, 0.1) is 17.6 Å². The van der Waals surface area contributed by atoms with Crippen LogP contribution in [-0.2, 0) is 13.1 Å². The molecule has 2 aromatic carbocycles. The van der Waals surface area contributed by atoms with Crippen molar-refractivity contribution < 1.29 is 4.79 Å². The van der Waals surface area contributed by atoms with Gasteiger partial charge in [0.25, 0.3) is 5.91 Å². The average molecular weight is 420 g/mol. The van der Waals surface area contributed by atoms with E-state index in [1.807, 2.05) is 38.1 Å². The highest BCUT2D eigenvalue weighted by Crippen LogP contribution is 2.18. The van der Waals surface area contributed by atoms with E-state index in [0.29, 0.717) is 6.54 Å². The fraction of sp³-hybridized carbons (Fsp3) is 0.481. The zero-order chi connectivity index (χ0) is 22.1. The van der Waals surface area contributed by atoms with Gasteiger partial charge < -0.3 is 9.88 Å². The van der Waals surface area contributed by atoms with E-state index in [0.717, 1.165) is 41.0 Å². The van der Waals surface area contributed by atoms with Crippen molar-refractivity contribution in [2.24, 2.45) is 0 Å². The summed E-state index contributed by atoms with van der Waals surface area (Å²) in [5.41, 5.74) is 5.06. The van der Waals surface area contributed by atoms with Gasteiger partial charge in [0.1, 0.15) is 5.82 Å². The number of para-hydroxylation sites is 2. The Balaban J connectivity index is 1.60. The smallest absolute Gasteiger partial charge is 0.251 e. The Morgan fingerprint density at radius 3 is 2.39 bits per heavy atom. The van der Waals surface area contributed by atoms with Gasteiger partial charge in [-0.25, -0.2) is 4.98 Å². The SMILES string of the molecule is CCCCCCCCCCn1c(CNC(=O)c2ccc(C)cc2C)nc2ccccc21. The molecule has 0 saturated carbocycles. The first-order valence-corrected chi connectivity index (χ1v) is 11.9. The third kappa shape index (κ3) is 6.43. The maximum atomic E-state index is 12.7. The molecule has 166 valence electrons. The molecule has 4 nitrogen and oxygen atoms in total. The molecule has 1 heterocycles. The number of hydrogen-bond acceptors (Lipinski definition) is 2. The molecule has 0 fully saturated rings. The minimum atomic E-state index is -0.0387. The number of hydrogen-bond donors (Lipinski definition) is 1. The Bertz CT molecular complexity index is 989. The molecule has 31 heavy (non-hydrogen) atoms. The molecule has 0 bridgehead atoms. The summed E-state index contributed by atoms with van der Waals surface area (Å²) in [5, 5.41) is 3.08. The number of nitrogens with zero attached hydrogens (tertiary/aromatic N) is 2. The minimum Gasteiger partial charge on any atom is -0.345 e. The number of imidazole rings is 1. The Morgan fingerprint density at radius 2 is 1.65 bits per heavy atom. The van der Waals surface area contributed by atoms with Crippen LogP contribution >= 0.6 is 0 Å². The summed E-state index contributed by atoms with van der Waals surface area (Å²) < 4.78 is 2.29. The van der Waals surface area contributed by atoms with Crippen LogP contribution in [-0.4, -0.2) is 15.5 Å². The molecule has 0 saturated heterocycles. The molecule has 0 radical (unpaired) electrons. The van der Waals surface area contributed by atoms with Crippen LogP contribution in [0.15, 0.2) is 42.5 Å². The van der Waals surface area contributed by atoms with Crippen molar-refractivity contribution in [2.75, 3.05) is 0 Å². The number of fused-ring (bicyclic) bond motifs is 1. The lowest BCUT2D eigenvalue weighted by Gasteiger charge is -2.11.